The predicted octanol–water partition coefficient (Wildman–Crippen LogP) is 3.75. The molecule has 0 saturated carbocycles. The molecule has 7 heteroatoms. The maximum absolute atomic E-state index is 6.28. The van der Waals surface area contributed by atoms with Crippen molar-refractivity contribution >= 4 is 39.7 Å². The predicted molar refractivity (Wildman–Crippen MR) is 79.1 cm³/mol. The van der Waals surface area contributed by atoms with Crippen LogP contribution in [0.2, 0.25) is 5.15 Å². The lowest BCUT2D eigenvalue weighted by atomic mass is 10.4. The van der Waals surface area contributed by atoms with Crippen LogP contribution in [0, 0.1) is 13.8 Å². The van der Waals surface area contributed by atoms with Crippen molar-refractivity contribution in [2.24, 2.45) is 0 Å². The van der Waals surface area contributed by atoms with Gasteiger partial charge in [-0.1, -0.05) is 23.4 Å². The minimum atomic E-state index is 0.674. The van der Waals surface area contributed by atoms with Crippen molar-refractivity contribution in [2.45, 2.75) is 24.8 Å². The quantitative estimate of drug-likeness (QED) is 0.546. The number of aryl methyl sites for hydroxylation is 2. The zero-order valence-electron chi connectivity index (χ0n) is 10.4. The highest BCUT2D eigenvalue weighted by Gasteiger charge is 2.12. The number of imidazole rings is 1. The van der Waals surface area contributed by atoms with Gasteiger partial charge in [0.2, 0.25) is 0 Å². The van der Waals surface area contributed by atoms with Crippen molar-refractivity contribution in [3.63, 3.8) is 0 Å². The number of hydrogen-bond acceptors (Lipinski definition) is 5. The number of thiazole rings is 1. The number of thioether (sulfide) groups is 1. The third-order valence-corrected chi connectivity index (χ3v) is 4.58. The lowest BCUT2D eigenvalue weighted by Crippen LogP contribution is -1.93. The molecule has 0 aromatic carbocycles. The first-order valence-corrected chi connectivity index (χ1v) is 7.93. The van der Waals surface area contributed by atoms with Gasteiger partial charge in [-0.05, 0) is 19.9 Å². The Morgan fingerprint density at radius 1 is 1.26 bits per heavy atom. The molecule has 0 radical (unpaired) electrons. The number of rotatable bonds is 3. The summed E-state index contributed by atoms with van der Waals surface area (Å²) in [4.78, 5) is 14.2. The van der Waals surface area contributed by atoms with Crippen LogP contribution >= 0.6 is 34.7 Å². The van der Waals surface area contributed by atoms with Crippen LogP contribution in [0.15, 0.2) is 22.8 Å². The number of hydrogen-bond donors (Lipinski definition) is 0. The first-order chi connectivity index (χ1) is 9.13. The fourth-order valence-electron chi connectivity index (χ4n) is 1.79. The van der Waals surface area contributed by atoms with Gasteiger partial charge < -0.3 is 0 Å². The largest absolute Gasteiger partial charge is 0.281 e. The molecule has 3 rings (SSSR count). The Morgan fingerprint density at radius 2 is 2.00 bits per heavy atom. The summed E-state index contributed by atoms with van der Waals surface area (Å²) < 4.78 is 1.89. The molecule has 0 spiro atoms. The van der Waals surface area contributed by atoms with E-state index >= 15 is 0 Å². The summed E-state index contributed by atoms with van der Waals surface area (Å²) in [5, 5.41) is 3.41. The molecule has 0 bridgehead atoms. The topological polar surface area (TPSA) is 43.1 Å². The zero-order valence-corrected chi connectivity index (χ0v) is 12.8. The first kappa shape index (κ1) is 12.9. The lowest BCUT2D eigenvalue weighted by molar-refractivity contribution is 0.901. The number of nitrogens with zero attached hydrogens (tertiary/aromatic N) is 4. The molecular formula is C12H11ClN4S2. The number of aromatic nitrogens is 4. The molecule has 0 N–H and O–H groups in total. The fourth-order valence-corrected chi connectivity index (χ4v) is 3.78. The van der Waals surface area contributed by atoms with E-state index in [1.165, 1.54) is 0 Å². The standard InChI is InChI=1S/C12H11ClN4S2/c1-7-5-8(2)15-11(14-7)19-6-9-10(13)17-3-4-18-12(17)16-9/h3-5H,6H2,1-2H3. The SMILES string of the molecule is Cc1cc(C)nc(SCc2nc3sccn3c2Cl)n1. The monoisotopic (exact) mass is 310 g/mol. The molecule has 3 aromatic rings. The highest BCUT2D eigenvalue weighted by atomic mass is 35.5. The Bertz CT molecular complexity index is 714. The van der Waals surface area contributed by atoms with E-state index in [9.17, 15) is 0 Å². The molecule has 0 atom stereocenters. The van der Waals surface area contributed by atoms with E-state index < -0.39 is 0 Å². The minimum absolute atomic E-state index is 0.674. The van der Waals surface area contributed by atoms with Gasteiger partial charge >= 0.3 is 0 Å². The van der Waals surface area contributed by atoms with Crippen LogP contribution in [0.5, 0.6) is 0 Å². The highest BCUT2D eigenvalue weighted by molar-refractivity contribution is 7.98. The van der Waals surface area contributed by atoms with Gasteiger partial charge in [0.15, 0.2) is 10.1 Å². The molecule has 0 unspecified atom stereocenters. The molecular weight excluding hydrogens is 300 g/mol. The Morgan fingerprint density at radius 3 is 2.68 bits per heavy atom. The maximum Gasteiger partial charge on any atom is 0.195 e. The van der Waals surface area contributed by atoms with Crippen LogP contribution in [-0.4, -0.2) is 19.4 Å². The normalized spacial score (nSPS) is 11.3. The van der Waals surface area contributed by atoms with Gasteiger partial charge in [-0.15, -0.1) is 11.3 Å². The molecule has 0 aliphatic rings. The summed E-state index contributed by atoms with van der Waals surface area (Å²) in [7, 11) is 0. The average molecular weight is 311 g/mol. The molecule has 4 nitrogen and oxygen atoms in total. The summed E-state index contributed by atoms with van der Waals surface area (Å²) in [5.74, 6) is 0.677. The van der Waals surface area contributed by atoms with Crippen LogP contribution < -0.4 is 0 Å². The first-order valence-electron chi connectivity index (χ1n) is 5.68. The van der Waals surface area contributed by atoms with Gasteiger partial charge in [-0.3, -0.25) is 4.40 Å². The third kappa shape index (κ3) is 2.61. The summed E-state index contributed by atoms with van der Waals surface area (Å²) in [5.41, 5.74) is 2.83. The smallest absolute Gasteiger partial charge is 0.195 e. The molecule has 0 aliphatic heterocycles. The molecule has 0 amide bonds. The number of halogens is 1. The summed E-state index contributed by atoms with van der Waals surface area (Å²) in [6.07, 6.45) is 1.93. The van der Waals surface area contributed by atoms with Crippen LogP contribution in [-0.2, 0) is 5.75 Å². The van der Waals surface area contributed by atoms with Crippen molar-refractivity contribution in [1.29, 1.82) is 0 Å². The van der Waals surface area contributed by atoms with Gasteiger partial charge in [0.05, 0.1) is 5.69 Å². The third-order valence-electron chi connectivity index (χ3n) is 2.57. The van der Waals surface area contributed by atoms with Gasteiger partial charge in [-0.25, -0.2) is 15.0 Å². The van der Waals surface area contributed by atoms with Gasteiger partial charge in [0, 0.05) is 28.7 Å². The van der Waals surface area contributed by atoms with Crippen molar-refractivity contribution < 1.29 is 0 Å². The molecule has 3 heterocycles. The Labute approximate surface area is 123 Å². The van der Waals surface area contributed by atoms with Crippen molar-refractivity contribution in [3.05, 3.63) is 39.9 Å². The van der Waals surface area contributed by atoms with E-state index in [2.05, 4.69) is 15.0 Å². The second-order valence-electron chi connectivity index (χ2n) is 4.13. The Hall–Kier alpha value is -1.11. The average Bonchev–Trinajstić information content (AvgIpc) is 2.89. The summed E-state index contributed by atoms with van der Waals surface area (Å²) in [6.45, 7) is 3.94. The maximum atomic E-state index is 6.28. The van der Waals surface area contributed by atoms with Crippen LogP contribution in [0.4, 0.5) is 0 Å². The second kappa shape index (κ2) is 5.11. The van der Waals surface area contributed by atoms with E-state index in [1.54, 1.807) is 23.1 Å². The van der Waals surface area contributed by atoms with E-state index in [0.717, 1.165) is 27.2 Å². The number of fused-ring (bicyclic) bond motifs is 1. The van der Waals surface area contributed by atoms with Crippen LogP contribution in [0.1, 0.15) is 17.1 Å². The van der Waals surface area contributed by atoms with Crippen LogP contribution in [0.25, 0.3) is 4.96 Å². The summed E-state index contributed by atoms with van der Waals surface area (Å²) >= 11 is 9.41. The van der Waals surface area contributed by atoms with Crippen LogP contribution in [0.3, 0.4) is 0 Å². The van der Waals surface area contributed by atoms with Crippen molar-refractivity contribution in [2.75, 3.05) is 0 Å². The molecule has 3 aromatic heterocycles. The second-order valence-corrected chi connectivity index (χ2v) is 6.30. The minimum Gasteiger partial charge on any atom is -0.281 e. The lowest BCUT2D eigenvalue weighted by Gasteiger charge is -2.01. The highest BCUT2D eigenvalue weighted by Crippen LogP contribution is 2.27. The van der Waals surface area contributed by atoms with Gasteiger partial charge in [0.1, 0.15) is 5.15 Å². The molecule has 98 valence electrons. The van der Waals surface area contributed by atoms with E-state index in [1.807, 2.05) is 35.9 Å². The summed E-state index contributed by atoms with van der Waals surface area (Å²) in [6, 6.07) is 1.96. The zero-order chi connectivity index (χ0) is 13.4. The van der Waals surface area contributed by atoms with E-state index in [-0.39, 0.29) is 0 Å². The van der Waals surface area contributed by atoms with Gasteiger partial charge in [-0.2, -0.15) is 0 Å². The molecule has 0 aliphatic carbocycles. The van der Waals surface area contributed by atoms with Crippen molar-refractivity contribution in [3.8, 4) is 0 Å². The van der Waals surface area contributed by atoms with Gasteiger partial charge in [0.25, 0.3) is 0 Å². The van der Waals surface area contributed by atoms with Crippen molar-refractivity contribution in [1.82, 2.24) is 19.4 Å². The Kier molecular flexibility index (Phi) is 3.47. The van der Waals surface area contributed by atoms with E-state index in [0.29, 0.717) is 10.9 Å². The molecule has 0 fully saturated rings. The Balaban J connectivity index is 1.81. The van der Waals surface area contributed by atoms with E-state index in [4.69, 9.17) is 11.6 Å². The molecule has 0 saturated heterocycles. The fraction of sp³-hybridized carbons (Fsp3) is 0.250. The molecule has 19 heavy (non-hydrogen) atoms.